The number of hydrogen-bond acceptors (Lipinski definition) is 4. The first-order valence-electron chi connectivity index (χ1n) is 6.96. The molecule has 0 atom stereocenters. The molecule has 0 spiro atoms. The van der Waals surface area contributed by atoms with Crippen molar-refractivity contribution in [2.75, 3.05) is 12.4 Å². The van der Waals surface area contributed by atoms with Crippen LogP contribution in [0.5, 0.6) is 5.75 Å². The van der Waals surface area contributed by atoms with Crippen molar-refractivity contribution >= 4 is 21.6 Å². The normalized spacial score (nSPS) is 11.1. The van der Waals surface area contributed by atoms with Gasteiger partial charge in [-0.1, -0.05) is 19.1 Å². The summed E-state index contributed by atoms with van der Waals surface area (Å²) in [4.78, 5) is 12.0. The minimum absolute atomic E-state index is 0.0938. The predicted octanol–water partition coefficient (Wildman–Crippen LogP) is 2.16. The number of aryl methyl sites for hydroxylation is 1. The highest BCUT2D eigenvalue weighted by atomic mass is 32.2. The van der Waals surface area contributed by atoms with Crippen molar-refractivity contribution < 1.29 is 17.9 Å². The van der Waals surface area contributed by atoms with Crippen LogP contribution >= 0.6 is 0 Å². The zero-order valence-electron chi connectivity index (χ0n) is 12.9. The molecule has 0 aliphatic rings. The molecule has 6 nitrogen and oxygen atoms in total. The molecule has 0 heterocycles. The van der Waals surface area contributed by atoms with Crippen molar-refractivity contribution in [1.82, 2.24) is 0 Å². The van der Waals surface area contributed by atoms with Crippen molar-refractivity contribution in [2.45, 2.75) is 18.2 Å². The number of nitrogens with two attached hydrogens (primary N) is 1. The number of primary sulfonamides is 1. The summed E-state index contributed by atoms with van der Waals surface area (Å²) in [5.74, 6) is -0.335. The van der Waals surface area contributed by atoms with Crippen molar-refractivity contribution in [3.63, 3.8) is 0 Å². The first-order chi connectivity index (χ1) is 10.8. The number of nitrogens with one attached hydrogen (secondary N) is 1. The largest absolute Gasteiger partial charge is 0.495 e. The molecule has 3 N–H and O–H groups in total. The van der Waals surface area contributed by atoms with Crippen LogP contribution in [0, 0.1) is 0 Å². The molecule has 0 bridgehead atoms. The lowest BCUT2D eigenvalue weighted by Crippen LogP contribution is -2.16. The zero-order valence-corrected chi connectivity index (χ0v) is 13.7. The van der Waals surface area contributed by atoms with Crippen LogP contribution in [0.25, 0.3) is 0 Å². The van der Waals surface area contributed by atoms with E-state index in [-0.39, 0.29) is 16.2 Å². The number of ether oxygens (including phenoxy) is 1. The van der Waals surface area contributed by atoms with Gasteiger partial charge in [0.1, 0.15) is 10.6 Å². The molecule has 7 heteroatoms. The van der Waals surface area contributed by atoms with E-state index in [1.165, 1.54) is 25.3 Å². The topological polar surface area (TPSA) is 98.5 Å². The van der Waals surface area contributed by atoms with Gasteiger partial charge in [-0.15, -0.1) is 0 Å². The quantitative estimate of drug-likeness (QED) is 0.875. The second-order valence-electron chi connectivity index (χ2n) is 4.92. The first-order valence-corrected chi connectivity index (χ1v) is 8.51. The van der Waals surface area contributed by atoms with Crippen molar-refractivity contribution in [1.29, 1.82) is 0 Å². The summed E-state index contributed by atoms with van der Waals surface area (Å²) in [5, 5.41) is 7.86. The van der Waals surface area contributed by atoms with Crippen molar-refractivity contribution in [3.05, 3.63) is 53.6 Å². The number of carbonyl (C=O) groups excluding carboxylic acids is 1. The van der Waals surface area contributed by atoms with Gasteiger partial charge in [-0.05, 0) is 42.3 Å². The first kappa shape index (κ1) is 17.0. The Balaban J connectivity index is 2.28. The molecule has 122 valence electrons. The molecular weight excluding hydrogens is 316 g/mol. The van der Waals surface area contributed by atoms with Gasteiger partial charge in [0.25, 0.3) is 5.91 Å². The van der Waals surface area contributed by atoms with Crippen LogP contribution in [0.3, 0.4) is 0 Å². The van der Waals surface area contributed by atoms with E-state index in [1.807, 2.05) is 19.1 Å². The summed E-state index contributed by atoms with van der Waals surface area (Å²) < 4.78 is 28.1. The molecule has 0 saturated heterocycles. The number of anilines is 1. The highest BCUT2D eigenvalue weighted by molar-refractivity contribution is 7.89. The van der Waals surface area contributed by atoms with Gasteiger partial charge in [0.2, 0.25) is 10.0 Å². The SMILES string of the molecule is CCc1ccc(NC(=O)c2ccc(OC)c(S(N)(=O)=O)c2)cc1. The number of carbonyl (C=O) groups is 1. The number of methoxy groups -OCH3 is 1. The highest BCUT2D eigenvalue weighted by Gasteiger charge is 2.18. The van der Waals surface area contributed by atoms with E-state index in [9.17, 15) is 13.2 Å². The molecule has 2 aromatic rings. The number of rotatable bonds is 5. The molecule has 1 amide bonds. The van der Waals surface area contributed by atoms with E-state index >= 15 is 0 Å². The second-order valence-corrected chi connectivity index (χ2v) is 6.45. The van der Waals surface area contributed by atoms with E-state index in [4.69, 9.17) is 9.88 Å². The third-order valence-corrected chi connectivity index (χ3v) is 4.28. The fourth-order valence-electron chi connectivity index (χ4n) is 2.07. The average Bonchev–Trinajstić information content (AvgIpc) is 2.54. The molecule has 0 saturated carbocycles. The molecule has 0 aromatic heterocycles. The Labute approximate surface area is 135 Å². The Kier molecular flexibility index (Phi) is 5.02. The minimum atomic E-state index is -3.99. The maximum Gasteiger partial charge on any atom is 0.255 e. The van der Waals surface area contributed by atoms with Gasteiger partial charge in [0.15, 0.2) is 0 Å². The van der Waals surface area contributed by atoms with E-state index in [1.54, 1.807) is 12.1 Å². The average molecular weight is 334 g/mol. The Morgan fingerprint density at radius 3 is 2.35 bits per heavy atom. The van der Waals surface area contributed by atoms with E-state index < -0.39 is 15.9 Å². The fourth-order valence-corrected chi connectivity index (χ4v) is 2.79. The van der Waals surface area contributed by atoms with E-state index in [0.717, 1.165) is 12.0 Å². The molecule has 23 heavy (non-hydrogen) atoms. The number of benzene rings is 2. The standard InChI is InChI=1S/C16H18N2O4S/c1-3-11-4-7-13(8-5-11)18-16(19)12-6-9-14(22-2)15(10-12)23(17,20)21/h4-10H,3H2,1-2H3,(H,18,19)(H2,17,20,21). The summed E-state index contributed by atoms with van der Waals surface area (Å²) >= 11 is 0. The number of hydrogen-bond donors (Lipinski definition) is 2. The van der Waals surface area contributed by atoms with E-state index in [2.05, 4.69) is 5.32 Å². The maximum absolute atomic E-state index is 12.3. The Morgan fingerprint density at radius 2 is 1.83 bits per heavy atom. The molecule has 0 unspecified atom stereocenters. The predicted molar refractivity (Wildman–Crippen MR) is 88.1 cm³/mol. The van der Waals surface area contributed by atoms with Gasteiger partial charge in [0.05, 0.1) is 7.11 Å². The second kappa shape index (κ2) is 6.80. The van der Waals surface area contributed by atoms with Crippen molar-refractivity contribution in [3.8, 4) is 5.75 Å². The smallest absolute Gasteiger partial charge is 0.255 e. The minimum Gasteiger partial charge on any atom is -0.495 e. The third-order valence-electron chi connectivity index (χ3n) is 3.35. The molecule has 0 radical (unpaired) electrons. The van der Waals surface area contributed by atoms with Gasteiger partial charge in [-0.2, -0.15) is 0 Å². The van der Waals surface area contributed by atoms with Crippen LogP contribution in [0.1, 0.15) is 22.8 Å². The lowest BCUT2D eigenvalue weighted by molar-refractivity contribution is 0.102. The lowest BCUT2D eigenvalue weighted by atomic mass is 10.1. The van der Waals surface area contributed by atoms with Gasteiger partial charge >= 0.3 is 0 Å². The van der Waals surface area contributed by atoms with Crippen LogP contribution < -0.4 is 15.2 Å². The van der Waals surface area contributed by atoms with Crippen LogP contribution in [-0.2, 0) is 16.4 Å². The maximum atomic E-state index is 12.3. The molecular formula is C16H18N2O4S. The van der Waals surface area contributed by atoms with Gasteiger partial charge < -0.3 is 10.1 Å². The molecule has 0 aliphatic heterocycles. The summed E-state index contributed by atoms with van der Waals surface area (Å²) in [7, 11) is -2.66. The Bertz CT molecular complexity index is 814. The fraction of sp³-hybridized carbons (Fsp3) is 0.188. The Morgan fingerprint density at radius 1 is 1.17 bits per heavy atom. The summed E-state index contributed by atoms with van der Waals surface area (Å²) in [6.07, 6.45) is 0.907. The van der Waals surface area contributed by atoms with Crippen LogP contribution in [0.4, 0.5) is 5.69 Å². The summed E-state index contributed by atoms with van der Waals surface area (Å²) in [6.45, 7) is 2.04. The Hall–Kier alpha value is -2.38. The molecule has 2 aromatic carbocycles. The van der Waals surface area contributed by atoms with Crippen LogP contribution in [0.15, 0.2) is 47.4 Å². The van der Waals surface area contributed by atoms with Gasteiger partial charge in [-0.25, -0.2) is 13.6 Å². The van der Waals surface area contributed by atoms with Gasteiger partial charge in [0, 0.05) is 11.3 Å². The number of amides is 1. The van der Waals surface area contributed by atoms with Gasteiger partial charge in [-0.3, -0.25) is 4.79 Å². The molecule has 0 aliphatic carbocycles. The summed E-state index contributed by atoms with van der Waals surface area (Å²) in [6, 6.07) is 11.5. The van der Waals surface area contributed by atoms with Crippen LogP contribution in [0.2, 0.25) is 0 Å². The highest BCUT2D eigenvalue weighted by Crippen LogP contribution is 2.24. The lowest BCUT2D eigenvalue weighted by Gasteiger charge is -2.10. The van der Waals surface area contributed by atoms with Crippen molar-refractivity contribution in [2.24, 2.45) is 5.14 Å². The molecule has 0 fully saturated rings. The molecule has 2 rings (SSSR count). The monoisotopic (exact) mass is 334 g/mol. The van der Waals surface area contributed by atoms with E-state index in [0.29, 0.717) is 5.69 Å². The number of sulfonamides is 1. The zero-order chi connectivity index (χ0) is 17.0. The van der Waals surface area contributed by atoms with Crippen LogP contribution in [-0.4, -0.2) is 21.4 Å². The summed E-state index contributed by atoms with van der Waals surface area (Å²) in [5.41, 5.74) is 1.96. The third kappa shape index (κ3) is 4.08.